The second-order valence-corrected chi connectivity index (χ2v) is 3.09. The summed E-state index contributed by atoms with van der Waals surface area (Å²) in [7, 11) is -1.72. The van der Waals surface area contributed by atoms with E-state index >= 15 is 0 Å². The Morgan fingerprint density at radius 2 is 1.75 bits per heavy atom. The van der Waals surface area contributed by atoms with E-state index in [0.29, 0.717) is 0 Å². The number of aliphatic hydroxyl groups excluding tert-OH is 2. The average Bonchev–Trinajstić information content (AvgIpc) is 2.46. The van der Waals surface area contributed by atoms with Crippen LogP contribution in [-0.2, 0) is 18.9 Å². The summed E-state index contributed by atoms with van der Waals surface area (Å²) >= 11 is 0. The van der Waals surface area contributed by atoms with Crippen LogP contribution in [-0.4, -0.2) is 76.2 Å². The van der Waals surface area contributed by atoms with Crippen molar-refractivity contribution in [3.05, 3.63) is 0 Å². The van der Waals surface area contributed by atoms with E-state index in [2.05, 4.69) is 0 Å². The second kappa shape index (κ2) is 8.86. The molecule has 0 fully saturated rings. The lowest BCUT2D eigenvalue weighted by molar-refractivity contribution is -0.158. The van der Waals surface area contributed by atoms with Crippen LogP contribution in [0.15, 0.2) is 0 Å². The third kappa shape index (κ3) is 4.32. The molecule has 0 spiro atoms. The van der Waals surface area contributed by atoms with Gasteiger partial charge in [0.2, 0.25) is 0 Å². The maximum absolute atomic E-state index is 9.94. The molecular weight excluding hydrogens is 216 g/mol. The third-order valence-corrected chi connectivity index (χ3v) is 2.14. The molecule has 16 heavy (non-hydrogen) atoms. The molecule has 6 heteroatoms. The molecule has 4 atom stereocenters. The Bertz CT molecular complexity index is 226. The Balaban J connectivity index is 4.89. The minimum absolute atomic E-state index is 0.217. The second-order valence-electron chi connectivity index (χ2n) is 3.09. The van der Waals surface area contributed by atoms with Gasteiger partial charge >= 0.3 is 0 Å². The molecule has 0 aliphatic rings. The quantitative estimate of drug-likeness (QED) is 0.542. The van der Waals surface area contributed by atoms with Crippen LogP contribution in [0, 0.1) is 0 Å². The van der Waals surface area contributed by atoms with E-state index in [1.165, 1.54) is 0 Å². The molecule has 0 heterocycles. The van der Waals surface area contributed by atoms with Crippen LogP contribution in [0.3, 0.4) is 0 Å². The maximum atomic E-state index is 9.94. The van der Waals surface area contributed by atoms with Crippen molar-refractivity contribution >= 4 is 0 Å². The van der Waals surface area contributed by atoms with E-state index in [0.717, 1.165) is 0 Å². The number of hydrogen-bond donors (Lipinski definition) is 2. The van der Waals surface area contributed by atoms with Crippen LogP contribution in [0.2, 0.25) is 0 Å². The smallest absolute Gasteiger partial charge is 0.114 e. The molecule has 98 valence electrons. The highest BCUT2D eigenvalue weighted by molar-refractivity contribution is 4.84. The summed E-state index contributed by atoms with van der Waals surface area (Å²) < 4.78 is 47.9. The molecule has 0 aromatic heterocycles. The summed E-state index contributed by atoms with van der Waals surface area (Å²) in [5.41, 5.74) is 0. The first-order valence-corrected chi connectivity index (χ1v) is 4.54. The van der Waals surface area contributed by atoms with E-state index in [1.807, 2.05) is 0 Å². The van der Waals surface area contributed by atoms with E-state index < -0.39 is 52.3 Å². The number of ether oxygens (including phenoxy) is 4. The highest BCUT2D eigenvalue weighted by Crippen LogP contribution is 2.14. The summed E-state index contributed by atoms with van der Waals surface area (Å²) in [6, 6.07) is 0. The Kier molecular flexibility index (Phi) is 5.40. The maximum Gasteiger partial charge on any atom is 0.114 e. The first-order valence-electron chi connectivity index (χ1n) is 7.37. The molecule has 0 bridgehead atoms. The summed E-state index contributed by atoms with van der Waals surface area (Å²) in [5, 5.41) is 19.2. The molecule has 6 nitrogen and oxygen atoms in total. The molecule has 0 aromatic carbocycles. The van der Waals surface area contributed by atoms with Crippen molar-refractivity contribution in [3.8, 4) is 0 Å². The SMILES string of the molecule is [2H]COC[C@@H](O)[C@@H](OC[2H])[C@H](OC[2H])[C@@H](CO)OC[2H]. The number of hydrogen-bond acceptors (Lipinski definition) is 6. The number of methoxy groups -OCH3 is 4. The third-order valence-electron chi connectivity index (χ3n) is 2.14. The van der Waals surface area contributed by atoms with Crippen LogP contribution in [0.25, 0.3) is 0 Å². The van der Waals surface area contributed by atoms with Gasteiger partial charge in [-0.15, -0.1) is 0 Å². The summed E-state index contributed by atoms with van der Waals surface area (Å²) in [6.45, 7) is -0.710. The molecule has 0 aliphatic carbocycles. The van der Waals surface area contributed by atoms with E-state index in [-0.39, 0.29) is 13.7 Å². The standard InChI is InChI=1S/C10H22O6/c1-13-6-7(12)9(15-3)10(16-4)8(5-11)14-2/h7-12H,5-6H2,1-4H3/t7-,8-,9-,10-/m1/s1/i1D,2D,3D,4D. The van der Waals surface area contributed by atoms with Gasteiger partial charge in [0.1, 0.15) is 24.4 Å². The first-order chi connectivity index (χ1) is 9.65. The lowest BCUT2D eigenvalue weighted by Gasteiger charge is -2.32. The molecule has 0 aromatic rings. The Hall–Kier alpha value is -0.240. The van der Waals surface area contributed by atoms with Gasteiger partial charge in [0.25, 0.3) is 0 Å². The average molecular weight is 242 g/mol. The monoisotopic (exact) mass is 242 g/mol. The van der Waals surface area contributed by atoms with E-state index in [9.17, 15) is 10.2 Å². The fourth-order valence-electron chi connectivity index (χ4n) is 1.31. The van der Waals surface area contributed by atoms with Gasteiger partial charge in [-0.3, -0.25) is 0 Å². The van der Waals surface area contributed by atoms with E-state index in [1.54, 1.807) is 0 Å². The van der Waals surface area contributed by atoms with Crippen LogP contribution >= 0.6 is 0 Å². The predicted molar refractivity (Wildman–Crippen MR) is 57.4 cm³/mol. The van der Waals surface area contributed by atoms with Gasteiger partial charge in [-0.25, -0.2) is 0 Å². The minimum Gasteiger partial charge on any atom is -0.394 e. The van der Waals surface area contributed by atoms with Crippen molar-refractivity contribution in [2.24, 2.45) is 0 Å². The summed E-state index contributed by atoms with van der Waals surface area (Å²) in [5.74, 6) is 0. The van der Waals surface area contributed by atoms with Gasteiger partial charge in [0, 0.05) is 28.3 Å². The van der Waals surface area contributed by atoms with Crippen LogP contribution < -0.4 is 0 Å². The Morgan fingerprint density at radius 1 is 1.06 bits per heavy atom. The van der Waals surface area contributed by atoms with Gasteiger partial charge in [0.05, 0.1) is 18.7 Å². The summed E-state index contributed by atoms with van der Waals surface area (Å²) in [4.78, 5) is 0. The van der Waals surface area contributed by atoms with Crippen LogP contribution in [0.5, 0.6) is 0 Å². The van der Waals surface area contributed by atoms with Crippen molar-refractivity contribution in [1.29, 1.82) is 0 Å². The molecular formula is C10H22O6. The zero-order valence-corrected chi connectivity index (χ0v) is 9.08. The molecule has 0 rings (SSSR count). The van der Waals surface area contributed by atoms with Crippen molar-refractivity contribution in [2.75, 3.05) is 41.6 Å². The molecule has 0 amide bonds. The number of rotatable bonds is 9. The van der Waals surface area contributed by atoms with Gasteiger partial charge in [-0.1, -0.05) is 0 Å². The highest BCUT2D eigenvalue weighted by Gasteiger charge is 2.34. The molecule has 0 unspecified atom stereocenters. The van der Waals surface area contributed by atoms with Crippen LogP contribution in [0.4, 0.5) is 0 Å². The molecule has 0 aliphatic heterocycles. The Labute approximate surface area is 102 Å². The fourth-order valence-corrected chi connectivity index (χ4v) is 1.31. The van der Waals surface area contributed by atoms with Crippen LogP contribution in [0.1, 0.15) is 5.48 Å². The predicted octanol–water partition coefficient (Wildman–Crippen LogP) is -0.969. The lowest BCUT2D eigenvalue weighted by atomic mass is 10.0. The Morgan fingerprint density at radius 3 is 2.31 bits per heavy atom. The largest absolute Gasteiger partial charge is 0.394 e. The number of aliphatic hydroxyl groups is 2. The van der Waals surface area contributed by atoms with Gasteiger partial charge in [-0.2, -0.15) is 0 Å². The lowest BCUT2D eigenvalue weighted by Crippen LogP contribution is -2.50. The van der Waals surface area contributed by atoms with Crippen molar-refractivity contribution in [3.63, 3.8) is 0 Å². The van der Waals surface area contributed by atoms with Gasteiger partial charge in [-0.05, 0) is 0 Å². The summed E-state index contributed by atoms with van der Waals surface area (Å²) in [6.07, 6.45) is -4.30. The highest BCUT2D eigenvalue weighted by atomic mass is 16.6. The molecule has 0 saturated heterocycles. The fraction of sp³-hybridized carbons (Fsp3) is 1.00. The minimum atomic E-state index is -1.22. The molecule has 0 saturated carbocycles. The molecule has 2 N–H and O–H groups in total. The zero-order chi connectivity index (χ0) is 15.4. The normalized spacial score (nSPS) is 22.4. The first kappa shape index (κ1) is 9.76. The molecule has 0 radical (unpaired) electrons. The zero-order valence-electron chi connectivity index (χ0n) is 13.1. The van der Waals surface area contributed by atoms with Gasteiger partial charge in [0.15, 0.2) is 0 Å². The van der Waals surface area contributed by atoms with Crippen molar-refractivity contribution in [2.45, 2.75) is 24.4 Å². The topological polar surface area (TPSA) is 77.4 Å². The van der Waals surface area contributed by atoms with Gasteiger partial charge < -0.3 is 29.2 Å². The van der Waals surface area contributed by atoms with Crippen molar-refractivity contribution < 1.29 is 34.6 Å². The van der Waals surface area contributed by atoms with E-state index in [4.69, 9.17) is 24.4 Å². The van der Waals surface area contributed by atoms with Crippen molar-refractivity contribution in [1.82, 2.24) is 0 Å².